The third-order valence-corrected chi connectivity index (χ3v) is 4.28. The molecule has 3 nitrogen and oxygen atoms in total. The Hall–Kier alpha value is -3.07. The van der Waals surface area contributed by atoms with Gasteiger partial charge in [-0.3, -0.25) is 4.79 Å². The van der Waals surface area contributed by atoms with Crippen molar-refractivity contribution in [3.8, 4) is 28.4 Å². The van der Waals surface area contributed by atoms with Crippen LogP contribution in [0, 0.1) is 0 Å². The van der Waals surface area contributed by atoms with Gasteiger partial charge >= 0.3 is 0 Å². The summed E-state index contributed by atoms with van der Waals surface area (Å²) in [6.07, 6.45) is 0.695. The summed E-state index contributed by atoms with van der Waals surface area (Å²) in [5.74, 6) is 1.48. The quantitative estimate of drug-likeness (QED) is 0.593. The molecule has 0 aliphatic rings. The van der Waals surface area contributed by atoms with Crippen molar-refractivity contribution in [2.45, 2.75) is 26.2 Å². The SMILES string of the molecule is CC(C)(C)c1cc(C=O)c(O)c(-c2ccc(Oc3ccccc3)cc2)c1. The van der Waals surface area contributed by atoms with Gasteiger partial charge in [-0.1, -0.05) is 51.1 Å². The van der Waals surface area contributed by atoms with Crippen molar-refractivity contribution in [2.75, 3.05) is 0 Å². The Bertz CT molecular complexity index is 905. The topological polar surface area (TPSA) is 46.5 Å². The number of ether oxygens (including phenoxy) is 1. The van der Waals surface area contributed by atoms with Gasteiger partial charge in [-0.25, -0.2) is 0 Å². The molecule has 0 bridgehead atoms. The average Bonchev–Trinajstić information content (AvgIpc) is 2.62. The molecular formula is C23H22O3. The molecule has 0 spiro atoms. The summed E-state index contributed by atoms with van der Waals surface area (Å²) < 4.78 is 5.80. The minimum absolute atomic E-state index is 0.00438. The molecule has 0 atom stereocenters. The van der Waals surface area contributed by atoms with E-state index in [4.69, 9.17) is 4.74 Å². The zero-order chi connectivity index (χ0) is 18.7. The Morgan fingerprint density at radius 3 is 2.08 bits per heavy atom. The predicted octanol–water partition coefficient (Wildman–Crippen LogP) is 5.96. The fourth-order valence-electron chi connectivity index (χ4n) is 2.73. The number of carbonyl (C=O) groups excluding carboxylic acids is 1. The molecule has 0 aromatic heterocycles. The molecule has 0 saturated heterocycles. The first-order valence-corrected chi connectivity index (χ1v) is 8.54. The van der Waals surface area contributed by atoms with Crippen LogP contribution in [-0.4, -0.2) is 11.4 Å². The maximum absolute atomic E-state index is 11.4. The Morgan fingerprint density at radius 2 is 1.50 bits per heavy atom. The van der Waals surface area contributed by atoms with E-state index in [1.165, 1.54) is 0 Å². The monoisotopic (exact) mass is 346 g/mol. The number of aromatic hydroxyl groups is 1. The second kappa shape index (κ2) is 7.04. The molecule has 0 unspecified atom stereocenters. The lowest BCUT2D eigenvalue weighted by molar-refractivity contribution is 0.112. The molecule has 26 heavy (non-hydrogen) atoms. The first kappa shape index (κ1) is 17.7. The Balaban J connectivity index is 1.97. The van der Waals surface area contributed by atoms with Gasteiger partial charge in [-0.15, -0.1) is 0 Å². The van der Waals surface area contributed by atoms with Gasteiger partial charge in [0.05, 0.1) is 5.56 Å². The number of benzene rings is 3. The number of aldehydes is 1. The third kappa shape index (κ3) is 3.77. The van der Waals surface area contributed by atoms with Crippen LogP contribution in [0.3, 0.4) is 0 Å². The number of phenols is 1. The lowest BCUT2D eigenvalue weighted by Crippen LogP contribution is -2.11. The fourth-order valence-corrected chi connectivity index (χ4v) is 2.73. The minimum atomic E-state index is -0.128. The van der Waals surface area contributed by atoms with Crippen LogP contribution in [-0.2, 0) is 5.41 Å². The smallest absolute Gasteiger partial charge is 0.153 e. The average molecular weight is 346 g/mol. The third-order valence-electron chi connectivity index (χ3n) is 4.28. The van der Waals surface area contributed by atoms with Gasteiger partial charge < -0.3 is 9.84 Å². The van der Waals surface area contributed by atoms with Crippen molar-refractivity contribution in [2.24, 2.45) is 0 Å². The van der Waals surface area contributed by atoms with Crippen LogP contribution in [0.25, 0.3) is 11.1 Å². The van der Waals surface area contributed by atoms with Crippen molar-refractivity contribution >= 4 is 6.29 Å². The Morgan fingerprint density at radius 1 is 0.885 bits per heavy atom. The molecule has 3 aromatic rings. The molecular weight excluding hydrogens is 324 g/mol. The van der Waals surface area contributed by atoms with Gasteiger partial charge in [-0.2, -0.15) is 0 Å². The van der Waals surface area contributed by atoms with Crippen LogP contribution >= 0.6 is 0 Å². The second-order valence-electron chi connectivity index (χ2n) is 7.27. The minimum Gasteiger partial charge on any atom is -0.507 e. The van der Waals surface area contributed by atoms with E-state index >= 15 is 0 Å². The van der Waals surface area contributed by atoms with E-state index in [0.717, 1.165) is 16.9 Å². The summed E-state index contributed by atoms with van der Waals surface area (Å²) >= 11 is 0. The summed E-state index contributed by atoms with van der Waals surface area (Å²) in [5.41, 5.74) is 2.65. The molecule has 3 rings (SSSR count). The molecule has 3 heteroatoms. The molecule has 0 heterocycles. The van der Waals surface area contributed by atoms with E-state index in [1.54, 1.807) is 6.07 Å². The normalized spacial score (nSPS) is 11.2. The number of phenolic OH excluding ortho intramolecular Hbond substituents is 1. The van der Waals surface area contributed by atoms with E-state index in [2.05, 4.69) is 20.8 Å². The highest BCUT2D eigenvalue weighted by molar-refractivity contribution is 5.86. The molecule has 0 saturated carbocycles. The van der Waals surface area contributed by atoms with Crippen molar-refractivity contribution in [3.05, 3.63) is 77.9 Å². The zero-order valence-electron chi connectivity index (χ0n) is 15.2. The first-order valence-electron chi connectivity index (χ1n) is 8.54. The Kier molecular flexibility index (Phi) is 4.81. The van der Waals surface area contributed by atoms with Gasteiger partial charge in [0.25, 0.3) is 0 Å². The van der Waals surface area contributed by atoms with Gasteiger partial charge in [0.1, 0.15) is 17.2 Å². The zero-order valence-corrected chi connectivity index (χ0v) is 15.2. The highest BCUT2D eigenvalue weighted by atomic mass is 16.5. The lowest BCUT2D eigenvalue weighted by Gasteiger charge is -2.21. The maximum Gasteiger partial charge on any atom is 0.153 e. The summed E-state index contributed by atoms with van der Waals surface area (Å²) in [6.45, 7) is 6.23. The molecule has 1 N–H and O–H groups in total. The maximum atomic E-state index is 11.4. The molecule has 0 aliphatic heterocycles. The van der Waals surface area contributed by atoms with Gasteiger partial charge in [-0.05, 0) is 52.9 Å². The van der Waals surface area contributed by atoms with Crippen LogP contribution in [0.2, 0.25) is 0 Å². The van der Waals surface area contributed by atoms with E-state index in [-0.39, 0.29) is 11.2 Å². The largest absolute Gasteiger partial charge is 0.507 e. The number of rotatable bonds is 4. The molecule has 0 amide bonds. The van der Waals surface area contributed by atoms with E-state index in [1.807, 2.05) is 60.7 Å². The number of para-hydroxylation sites is 1. The number of carbonyl (C=O) groups is 1. The van der Waals surface area contributed by atoms with E-state index in [0.29, 0.717) is 23.2 Å². The van der Waals surface area contributed by atoms with Crippen LogP contribution in [0.1, 0.15) is 36.7 Å². The van der Waals surface area contributed by atoms with Gasteiger partial charge in [0.2, 0.25) is 0 Å². The summed E-state index contributed by atoms with van der Waals surface area (Å²) in [5, 5.41) is 10.5. The molecule has 0 radical (unpaired) electrons. The highest BCUT2D eigenvalue weighted by Gasteiger charge is 2.19. The fraction of sp³-hybridized carbons (Fsp3) is 0.174. The lowest BCUT2D eigenvalue weighted by atomic mass is 9.84. The number of hydrogen-bond donors (Lipinski definition) is 1. The standard InChI is InChI=1S/C23H22O3/c1-23(2,3)18-13-17(15-24)22(25)21(14-18)16-9-11-20(12-10-16)26-19-7-5-4-6-8-19/h4-15,25H,1-3H3. The van der Waals surface area contributed by atoms with Crippen LogP contribution in [0.4, 0.5) is 0 Å². The summed E-state index contributed by atoms with van der Waals surface area (Å²) in [4.78, 5) is 11.4. The second-order valence-corrected chi connectivity index (χ2v) is 7.27. The van der Waals surface area contributed by atoms with Gasteiger partial charge in [0, 0.05) is 5.56 Å². The van der Waals surface area contributed by atoms with Crippen molar-refractivity contribution in [1.82, 2.24) is 0 Å². The van der Waals surface area contributed by atoms with Gasteiger partial charge in [0.15, 0.2) is 6.29 Å². The van der Waals surface area contributed by atoms with Crippen molar-refractivity contribution < 1.29 is 14.6 Å². The number of hydrogen-bond acceptors (Lipinski definition) is 3. The van der Waals surface area contributed by atoms with E-state index < -0.39 is 0 Å². The van der Waals surface area contributed by atoms with Crippen LogP contribution in [0.5, 0.6) is 17.2 Å². The summed E-state index contributed by atoms with van der Waals surface area (Å²) in [7, 11) is 0. The first-order chi connectivity index (χ1) is 12.4. The Labute approximate surface area is 153 Å². The molecule has 0 aliphatic carbocycles. The molecule has 3 aromatic carbocycles. The summed E-state index contributed by atoms with van der Waals surface area (Å²) in [6, 6.07) is 20.7. The molecule has 132 valence electrons. The van der Waals surface area contributed by atoms with E-state index in [9.17, 15) is 9.90 Å². The van der Waals surface area contributed by atoms with Crippen molar-refractivity contribution in [3.63, 3.8) is 0 Å². The predicted molar refractivity (Wildman–Crippen MR) is 104 cm³/mol. The molecule has 0 fully saturated rings. The highest BCUT2D eigenvalue weighted by Crippen LogP contribution is 2.37. The van der Waals surface area contributed by atoms with Crippen LogP contribution in [0.15, 0.2) is 66.7 Å². The van der Waals surface area contributed by atoms with Crippen molar-refractivity contribution in [1.29, 1.82) is 0 Å². The van der Waals surface area contributed by atoms with Crippen LogP contribution < -0.4 is 4.74 Å².